The highest BCUT2D eigenvalue weighted by molar-refractivity contribution is 4.97. The first-order chi connectivity index (χ1) is 6.49. The lowest BCUT2D eigenvalue weighted by atomic mass is 10.3. The number of aliphatic hydroxyl groups is 1. The number of ether oxygens (including phenoxy) is 1. The smallest absolute Gasteiger partial charge is 0.353 e. The highest BCUT2D eigenvalue weighted by Gasteiger charge is 2.08. The molecule has 7 heteroatoms. The summed E-state index contributed by atoms with van der Waals surface area (Å²) in [6.07, 6.45) is -1.31. The molecule has 14 heavy (non-hydrogen) atoms. The van der Waals surface area contributed by atoms with Gasteiger partial charge in [-0.1, -0.05) is 6.58 Å². The van der Waals surface area contributed by atoms with Crippen molar-refractivity contribution in [2.24, 2.45) is 0 Å². The van der Waals surface area contributed by atoms with Crippen LogP contribution in [0.5, 0.6) is 6.01 Å². The average Bonchev–Trinajstić information content (AvgIpc) is 2.01. The fourth-order valence-electron chi connectivity index (χ4n) is 0.636. The van der Waals surface area contributed by atoms with Gasteiger partial charge in [-0.3, -0.25) is 9.97 Å². The van der Waals surface area contributed by atoms with Gasteiger partial charge in [0, 0.05) is 0 Å². The number of aromatic nitrogens is 3. The second kappa shape index (κ2) is 3.88. The average molecular weight is 199 g/mol. The summed E-state index contributed by atoms with van der Waals surface area (Å²) in [5.41, 5.74) is -1.28. The van der Waals surface area contributed by atoms with Gasteiger partial charge in [-0.15, -0.1) is 4.98 Å². The molecule has 0 radical (unpaired) electrons. The van der Waals surface area contributed by atoms with Crippen LogP contribution in [0.25, 0.3) is 0 Å². The largest absolute Gasteiger partial charge is 0.431 e. The molecule has 0 amide bonds. The Bertz CT molecular complexity index is 418. The molecule has 1 aromatic heterocycles. The maximum absolute atomic E-state index is 10.7. The standard InChI is InChI=1S/C7H9N3O4/c1-3(2)4(11)14-7-9-5(12)8-6(13)10-7/h4,11H,1H2,2H3,(H2,8,9,10,12,13). The normalized spacial score (nSPS) is 12.1. The molecule has 1 heterocycles. The SMILES string of the molecule is C=C(C)C(O)Oc1nc(=O)[nH]c(=O)[nH]1. The summed E-state index contributed by atoms with van der Waals surface area (Å²) in [4.78, 5) is 28.6. The van der Waals surface area contributed by atoms with E-state index in [1.807, 2.05) is 4.98 Å². The first kappa shape index (κ1) is 10.2. The predicted molar refractivity (Wildman–Crippen MR) is 46.9 cm³/mol. The number of hydrogen-bond donors (Lipinski definition) is 3. The molecule has 0 aliphatic carbocycles. The monoisotopic (exact) mass is 199 g/mol. The van der Waals surface area contributed by atoms with Crippen LogP contribution in [0.15, 0.2) is 21.7 Å². The number of aromatic amines is 2. The molecule has 1 atom stereocenters. The molecular formula is C7H9N3O4. The van der Waals surface area contributed by atoms with Crippen LogP contribution in [-0.2, 0) is 0 Å². The van der Waals surface area contributed by atoms with E-state index >= 15 is 0 Å². The van der Waals surface area contributed by atoms with Crippen molar-refractivity contribution >= 4 is 0 Å². The molecule has 0 bridgehead atoms. The lowest BCUT2D eigenvalue weighted by Gasteiger charge is -2.10. The number of H-pyrrole nitrogens is 2. The third-order valence-corrected chi connectivity index (χ3v) is 1.29. The topological polar surface area (TPSA) is 108 Å². The van der Waals surface area contributed by atoms with Crippen LogP contribution in [0.4, 0.5) is 0 Å². The predicted octanol–water partition coefficient (Wildman–Crippen LogP) is -1.27. The maximum Gasteiger partial charge on any atom is 0.353 e. The summed E-state index contributed by atoms with van der Waals surface area (Å²) in [5, 5.41) is 9.17. The number of rotatable bonds is 3. The Morgan fingerprint density at radius 3 is 2.71 bits per heavy atom. The Morgan fingerprint density at radius 1 is 1.57 bits per heavy atom. The number of aliphatic hydroxyl groups excluding tert-OH is 1. The summed E-state index contributed by atoms with van der Waals surface area (Å²) in [7, 11) is 0. The van der Waals surface area contributed by atoms with Crippen molar-refractivity contribution in [3.63, 3.8) is 0 Å². The summed E-state index contributed by atoms with van der Waals surface area (Å²) >= 11 is 0. The van der Waals surface area contributed by atoms with E-state index in [9.17, 15) is 9.59 Å². The number of hydrogen-bond acceptors (Lipinski definition) is 5. The zero-order valence-corrected chi connectivity index (χ0v) is 7.40. The first-order valence-corrected chi connectivity index (χ1v) is 3.70. The maximum atomic E-state index is 10.7. The van der Waals surface area contributed by atoms with Gasteiger partial charge in [0.15, 0.2) is 0 Å². The highest BCUT2D eigenvalue weighted by atomic mass is 16.6. The highest BCUT2D eigenvalue weighted by Crippen LogP contribution is 2.02. The van der Waals surface area contributed by atoms with Crippen molar-refractivity contribution in [2.75, 3.05) is 0 Å². The van der Waals surface area contributed by atoms with Crippen molar-refractivity contribution < 1.29 is 9.84 Å². The van der Waals surface area contributed by atoms with Gasteiger partial charge in [0.05, 0.1) is 0 Å². The van der Waals surface area contributed by atoms with Gasteiger partial charge in [-0.25, -0.2) is 9.59 Å². The van der Waals surface area contributed by atoms with Gasteiger partial charge in [0.25, 0.3) is 0 Å². The lowest BCUT2D eigenvalue weighted by molar-refractivity contribution is 0.00711. The fraction of sp³-hybridized carbons (Fsp3) is 0.286. The molecule has 0 aromatic carbocycles. The van der Waals surface area contributed by atoms with Gasteiger partial charge in [0.1, 0.15) is 0 Å². The molecule has 0 saturated heterocycles. The fourth-order valence-corrected chi connectivity index (χ4v) is 0.636. The van der Waals surface area contributed by atoms with E-state index in [0.717, 1.165) is 0 Å². The van der Waals surface area contributed by atoms with Gasteiger partial charge < -0.3 is 9.84 Å². The Hall–Kier alpha value is -1.89. The van der Waals surface area contributed by atoms with E-state index < -0.39 is 17.7 Å². The Labute approximate surface area is 78.1 Å². The third-order valence-electron chi connectivity index (χ3n) is 1.29. The van der Waals surface area contributed by atoms with E-state index in [2.05, 4.69) is 16.5 Å². The molecule has 0 spiro atoms. The molecule has 0 saturated carbocycles. The molecular weight excluding hydrogens is 190 g/mol. The molecule has 0 aliphatic heterocycles. The molecule has 0 aliphatic rings. The van der Waals surface area contributed by atoms with Gasteiger partial charge in [-0.2, -0.15) is 0 Å². The van der Waals surface area contributed by atoms with Gasteiger partial charge >= 0.3 is 17.4 Å². The molecule has 1 rings (SSSR count). The molecule has 1 aromatic rings. The van der Waals surface area contributed by atoms with E-state index in [1.165, 1.54) is 6.92 Å². The van der Waals surface area contributed by atoms with E-state index in [0.29, 0.717) is 5.57 Å². The molecule has 7 nitrogen and oxygen atoms in total. The second-order valence-corrected chi connectivity index (χ2v) is 2.62. The van der Waals surface area contributed by atoms with E-state index in [1.54, 1.807) is 0 Å². The zero-order chi connectivity index (χ0) is 10.7. The van der Waals surface area contributed by atoms with Crippen LogP contribution in [0, 0.1) is 0 Å². The molecule has 0 fully saturated rings. The van der Waals surface area contributed by atoms with Crippen molar-refractivity contribution in [3.8, 4) is 6.01 Å². The van der Waals surface area contributed by atoms with Crippen LogP contribution >= 0.6 is 0 Å². The van der Waals surface area contributed by atoms with Crippen LogP contribution in [-0.4, -0.2) is 26.3 Å². The summed E-state index contributed by atoms with van der Waals surface area (Å²) < 4.78 is 4.71. The first-order valence-electron chi connectivity index (χ1n) is 3.70. The van der Waals surface area contributed by atoms with Gasteiger partial charge in [0.2, 0.25) is 6.29 Å². The zero-order valence-electron chi connectivity index (χ0n) is 7.40. The molecule has 3 N–H and O–H groups in total. The van der Waals surface area contributed by atoms with E-state index in [4.69, 9.17) is 9.84 Å². The van der Waals surface area contributed by atoms with Crippen LogP contribution < -0.4 is 16.1 Å². The summed E-state index contributed by atoms with van der Waals surface area (Å²) in [6.45, 7) is 4.94. The summed E-state index contributed by atoms with van der Waals surface area (Å²) in [6, 6.07) is -0.353. The Kier molecular flexibility index (Phi) is 2.82. The quantitative estimate of drug-likeness (QED) is 0.415. The van der Waals surface area contributed by atoms with Crippen molar-refractivity contribution in [2.45, 2.75) is 13.2 Å². The Balaban J connectivity index is 2.92. The second-order valence-electron chi connectivity index (χ2n) is 2.62. The van der Waals surface area contributed by atoms with E-state index in [-0.39, 0.29) is 6.01 Å². The lowest BCUT2D eigenvalue weighted by Crippen LogP contribution is -2.28. The third kappa shape index (κ3) is 2.56. The van der Waals surface area contributed by atoms with Crippen LogP contribution in [0.1, 0.15) is 6.92 Å². The number of nitrogens with one attached hydrogen (secondary N) is 2. The molecule has 76 valence electrons. The summed E-state index contributed by atoms with van der Waals surface area (Å²) in [5.74, 6) is 0. The molecule has 1 unspecified atom stereocenters. The van der Waals surface area contributed by atoms with Crippen molar-refractivity contribution in [1.82, 2.24) is 15.0 Å². The minimum atomic E-state index is -1.31. The van der Waals surface area contributed by atoms with Crippen molar-refractivity contribution in [1.29, 1.82) is 0 Å². The minimum Gasteiger partial charge on any atom is -0.431 e. The van der Waals surface area contributed by atoms with Crippen LogP contribution in [0.2, 0.25) is 0 Å². The van der Waals surface area contributed by atoms with Gasteiger partial charge in [-0.05, 0) is 12.5 Å². The van der Waals surface area contributed by atoms with Crippen LogP contribution in [0.3, 0.4) is 0 Å². The van der Waals surface area contributed by atoms with Crippen molar-refractivity contribution in [3.05, 3.63) is 33.1 Å². The number of nitrogens with zero attached hydrogens (tertiary/aromatic N) is 1. The Morgan fingerprint density at radius 2 is 2.21 bits per heavy atom. The minimum absolute atomic E-state index is 0.327.